The number of likely N-dealkylation sites (tertiary alicyclic amines) is 1. The molecule has 1 saturated carbocycles. The highest BCUT2D eigenvalue weighted by Crippen LogP contribution is 2.36. The van der Waals surface area contributed by atoms with Crippen molar-refractivity contribution in [3.05, 3.63) is 35.1 Å². The first-order chi connectivity index (χ1) is 13.9. The molecule has 2 aliphatic rings. The molecule has 1 aromatic rings. The third-order valence-corrected chi connectivity index (χ3v) is 6.06. The van der Waals surface area contributed by atoms with Crippen LogP contribution < -0.4 is 5.73 Å². The fourth-order valence-electron chi connectivity index (χ4n) is 4.46. The summed E-state index contributed by atoms with van der Waals surface area (Å²) in [7, 11) is 1.49. The van der Waals surface area contributed by atoms with E-state index < -0.39 is 17.5 Å². The summed E-state index contributed by atoms with van der Waals surface area (Å²) < 4.78 is 52.0. The van der Waals surface area contributed by atoms with E-state index >= 15 is 0 Å². The average molecular weight is 414 g/mol. The van der Waals surface area contributed by atoms with Gasteiger partial charge >= 0.3 is 0 Å². The average Bonchev–Trinajstić information content (AvgIpc) is 2.70. The molecule has 29 heavy (non-hydrogen) atoms. The maximum absolute atomic E-state index is 14.0. The molecular weight excluding hydrogens is 385 g/mol. The molecule has 0 aromatic heterocycles. The van der Waals surface area contributed by atoms with Gasteiger partial charge in [-0.25, -0.2) is 13.2 Å². The minimum Gasteiger partial charge on any atom is -0.376 e. The minimum absolute atomic E-state index is 0.0179. The van der Waals surface area contributed by atoms with E-state index in [2.05, 4.69) is 0 Å². The van der Waals surface area contributed by atoms with Crippen molar-refractivity contribution in [1.29, 1.82) is 0 Å². The van der Waals surface area contributed by atoms with Crippen molar-refractivity contribution in [3.8, 4) is 0 Å². The summed E-state index contributed by atoms with van der Waals surface area (Å²) in [5.74, 6) is -3.19. The van der Waals surface area contributed by atoms with Crippen LogP contribution in [0.4, 0.5) is 13.2 Å². The Morgan fingerprint density at radius 2 is 1.90 bits per heavy atom. The van der Waals surface area contributed by atoms with E-state index in [1.807, 2.05) is 0 Å². The lowest BCUT2D eigenvalue weighted by molar-refractivity contribution is -0.142. The third-order valence-electron chi connectivity index (χ3n) is 6.06. The largest absolute Gasteiger partial charge is 0.376 e. The van der Waals surface area contributed by atoms with Crippen LogP contribution in [0.15, 0.2) is 12.1 Å². The summed E-state index contributed by atoms with van der Waals surface area (Å²) in [6.07, 6.45) is 4.16. The highest BCUT2D eigenvalue weighted by Gasteiger charge is 2.34. The first-order valence-electron chi connectivity index (χ1n) is 10.2. The summed E-state index contributed by atoms with van der Waals surface area (Å²) in [4.78, 5) is 14.0. The molecule has 162 valence electrons. The van der Waals surface area contributed by atoms with E-state index in [4.69, 9.17) is 15.2 Å². The Hall–Kier alpha value is -1.64. The predicted octanol–water partition coefficient (Wildman–Crippen LogP) is 3.11. The number of nitrogens with two attached hydrogens (primary N) is 1. The molecule has 1 aromatic carbocycles. The van der Waals surface area contributed by atoms with Gasteiger partial charge in [-0.15, -0.1) is 0 Å². The maximum atomic E-state index is 14.0. The fraction of sp³-hybridized carbons (Fsp3) is 0.667. The number of nitrogens with zero attached hydrogens (tertiary/aromatic N) is 1. The quantitative estimate of drug-likeness (QED) is 0.727. The number of hydrogen-bond acceptors (Lipinski definition) is 4. The number of hydrogen-bond donors (Lipinski definition) is 1. The SMILES string of the molecule is COCC(=O)N1CCCC(N)C1COC1CCC(c2cc(F)cc(F)c2F)CC1. The van der Waals surface area contributed by atoms with Crippen LogP contribution in [-0.4, -0.2) is 55.9 Å². The van der Waals surface area contributed by atoms with Gasteiger partial charge < -0.3 is 20.1 Å². The smallest absolute Gasteiger partial charge is 0.248 e. The van der Waals surface area contributed by atoms with E-state index in [9.17, 15) is 18.0 Å². The molecule has 5 nitrogen and oxygen atoms in total. The van der Waals surface area contributed by atoms with E-state index in [0.717, 1.165) is 18.9 Å². The van der Waals surface area contributed by atoms with Crippen molar-refractivity contribution >= 4 is 5.91 Å². The number of benzene rings is 1. The number of amides is 1. The van der Waals surface area contributed by atoms with Gasteiger partial charge in [0.2, 0.25) is 5.91 Å². The van der Waals surface area contributed by atoms with Gasteiger partial charge in [-0.2, -0.15) is 0 Å². The van der Waals surface area contributed by atoms with E-state index in [1.54, 1.807) is 4.90 Å². The van der Waals surface area contributed by atoms with Gasteiger partial charge in [0.15, 0.2) is 11.6 Å². The monoisotopic (exact) mass is 414 g/mol. The number of halogens is 3. The van der Waals surface area contributed by atoms with Crippen molar-refractivity contribution < 1.29 is 27.4 Å². The predicted molar refractivity (Wildman–Crippen MR) is 102 cm³/mol. The highest BCUT2D eigenvalue weighted by atomic mass is 19.2. The molecule has 0 spiro atoms. The molecule has 2 N–H and O–H groups in total. The van der Waals surface area contributed by atoms with Gasteiger partial charge in [0.1, 0.15) is 12.4 Å². The van der Waals surface area contributed by atoms with Crippen molar-refractivity contribution in [3.63, 3.8) is 0 Å². The lowest BCUT2D eigenvalue weighted by Gasteiger charge is -2.40. The van der Waals surface area contributed by atoms with Crippen LogP contribution in [0.25, 0.3) is 0 Å². The number of carbonyl (C=O) groups is 1. The molecule has 0 radical (unpaired) electrons. The molecule has 0 bridgehead atoms. The van der Waals surface area contributed by atoms with E-state index in [1.165, 1.54) is 7.11 Å². The Balaban J connectivity index is 1.54. The zero-order chi connectivity index (χ0) is 21.0. The number of rotatable bonds is 6. The second kappa shape index (κ2) is 9.91. The summed E-state index contributed by atoms with van der Waals surface area (Å²) in [6, 6.07) is 1.31. The van der Waals surface area contributed by atoms with Crippen LogP contribution in [0.1, 0.15) is 50.0 Å². The third kappa shape index (κ3) is 5.29. The van der Waals surface area contributed by atoms with Crippen molar-refractivity contribution in [2.45, 2.75) is 62.6 Å². The maximum Gasteiger partial charge on any atom is 0.248 e. The van der Waals surface area contributed by atoms with Gasteiger partial charge in [0.05, 0.1) is 18.8 Å². The number of ether oxygens (including phenoxy) is 2. The molecular formula is C21H29F3N2O3. The second-order valence-electron chi connectivity index (χ2n) is 7.99. The highest BCUT2D eigenvalue weighted by molar-refractivity contribution is 5.78. The zero-order valence-corrected chi connectivity index (χ0v) is 16.7. The standard InChI is InChI=1S/C21H29F3N2O3/c1-28-12-20(27)26-8-2-3-18(25)19(26)11-29-15-6-4-13(5-7-15)16-9-14(22)10-17(23)21(16)24/h9-10,13,15,18-19H,2-8,11-12,25H2,1H3. The number of piperidine rings is 1. The number of carbonyl (C=O) groups excluding carboxylic acids is 1. The molecule has 2 atom stereocenters. The van der Waals surface area contributed by atoms with E-state index in [-0.39, 0.29) is 42.2 Å². The van der Waals surface area contributed by atoms with Crippen LogP contribution in [0.3, 0.4) is 0 Å². The molecule has 1 aliphatic heterocycles. The molecule has 3 rings (SSSR count). The molecule has 1 aliphatic carbocycles. The van der Waals surface area contributed by atoms with Crippen LogP contribution in [0.5, 0.6) is 0 Å². The van der Waals surface area contributed by atoms with Crippen molar-refractivity contribution in [2.24, 2.45) is 5.73 Å². The lowest BCUT2D eigenvalue weighted by Crippen LogP contribution is -2.57. The minimum atomic E-state index is -1.15. The van der Waals surface area contributed by atoms with E-state index in [0.29, 0.717) is 44.9 Å². The second-order valence-corrected chi connectivity index (χ2v) is 7.99. The van der Waals surface area contributed by atoms with Crippen LogP contribution in [-0.2, 0) is 14.3 Å². The van der Waals surface area contributed by atoms with Gasteiger partial charge in [-0.05, 0) is 56.1 Å². The fourth-order valence-corrected chi connectivity index (χ4v) is 4.46. The summed E-state index contributed by atoms with van der Waals surface area (Å²) in [5, 5.41) is 0. The Kier molecular flexibility index (Phi) is 7.54. The summed E-state index contributed by atoms with van der Waals surface area (Å²) in [6.45, 7) is 1.00. The zero-order valence-electron chi connectivity index (χ0n) is 16.7. The number of methoxy groups -OCH3 is 1. The van der Waals surface area contributed by atoms with Crippen molar-refractivity contribution in [1.82, 2.24) is 4.90 Å². The van der Waals surface area contributed by atoms with Gasteiger partial charge in [-0.3, -0.25) is 4.79 Å². The topological polar surface area (TPSA) is 64.8 Å². The lowest BCUT2D eigenvalue weighted by atomic mass is 9.82. The molecule has 2 unspecified atom stereocenters. The molecule has 1 amide bonds. The van der Waals surface area contributed by atoms with Crippen molar-refractivity contribution in [2.75, 3.05) is 26.9 Å². The van der Waals surface area contributed by atoms with Gasteiger partial charge in [-0.1, -0.05) is 0 Å². The first kappa shape index (κ1) is 22.1. The molecule has 1 saturated heterocycles. The molecule has 8 heteroatoms. The molecule has 1 heterocycles. The Labute approximate surface area is 169 Å². The van der Waals surface area contributed by atoms with Crippen LogP contribution >= 0.6 is 0 Å². The Bertz CT molecular complexity index is 711. The Morgan fingerprint density at radius 3 is 2.59 bits per heavy atom. The normalized spacial score (nSPS) is 27.8. The summed E-state index contributed by atoms with van der Waals surface area (Å²) in [5.41, 5.74) is 6.34. The molecule has 2 fully saturated rings. The van der Waals surface area contributed by atoms with Crippen LogP contribution in [0.2, 0.25) is 0 Å². The summed E-state index contributed by atoms with van der Waals surface area (Å²) >= 11 is 0. The van der Waals surface area contributed by atoms with Gasteiger partial charge in [0, 0.05) is 25.8 Å². The first-order valence-corrected chi connectivity index (χ1v) is 10.2. The van der Waals surface area contributed by atoms with Crippen LogP contribution in [0, 0.1) is 17.5 Å². The van der Waals surface area contributed by atoms with Gasteiger partial charge in [0.25, 0.3) is 0 Å². The Morgan fingerprint density at radius 1 is 1.17 bits per heavy atom.